The largest absolute Gasteiger partial charge is 0.446 e. The van der Waals surface area contributed by atoms with Gasteiger partial charge in [-0.05, 0) is 43.7 Å². The Morgan fingerprint density at radius 2 is 1.84 bits per heavy atom. The van der Waals surface area contributed by atoms with Gasteiger partial charge in [0.25, 0.3) is 11.8 Å². The molecule has 3 atom stereocenters. The van der Waals surface area contributed by atoms with Crippen molar-refractivity contribution in [3.05, 3.63) is 77.4 Å². The highest BCUT2D eigenvalue weighted by Crippen LogP contribution is 2.21. The highest BCUT2D eigenvalue weighted by molar-refractivity contribution is 6.05. The van der Waals surface area contributed by atoms with E-state index in [0.29, 0.717) is 48.4 Å². The molecule has 0 spiro atoms. The molecule has 45 heavy (non-hydrogen) atoms. The molecule has 236 valence electrons. The number of aryl methyl sites for hydroxylation is 2. The molecule has 0 saturated heterocycles. The van der Waals surface area contributed by atoms with Crippen molar-refractivity contribution in [3.63, 3.8) is 0 Å². The van der Waals surface area contributed by atoms with E-state index in [9.17, 15) is 19.2 Å². The first kappa shape index (κ1) is 31.4. The number of carbonyl (C=O) groups excluding carboxylic acids is 4. The van der Waals surface area contributed by atoms with Crippen LogP contribution in [0.1, 0.15) is 77.3 Å². The highest BCUT2D eigenvalue weighted by Gasteiger charge is 2.32. The standard InChI is InChI=1S/C32H38N8O5/c1-18(2)25-31(44)37-23(16-20-10-6-5-7-11-20)32-38-24(17-45-32)29(42)34-14-9-8-12-22(30(43)39-25)36-28(41)21-13-15-33-27-26(21)35-19(3)40(27)4/h5-7,10-11,13,15,17-18,22-23,25H,8-9,12,14,16H2,1-4H3,(H,34,42)(H,36,41)(H,37,44)(H,39,43)/t22-,23+,25-/m0/s1. The molecular weight excluding hydrogens is 576 g/mol. The van der Waals surface area contributed by atoms with Crippen molar-refractivity contribution in [1.29, 1.82) is 0 Å². The minimum absolute atomic E-state index is 0.108. The van der Waals surface area contributed by atoms with E-state index in [-0.39, 0.29) is 23.9 Å². The summed E-state index contributed by atoms with van der Waals surface area (Å²) >= 11 is 0. The first-order valence-corrected chi connectivity index (χ1v) is 15.1. The zero-order chi connectivity index (χ0) is 32.1. The molecular formula is C32H38N8O5. The summed E-state index contributed by atoms with van der Waals surface area (Å²) in [6.45, 7) is 5.81. The maximum absolute atomic E-state index is 13.7. The molecule has 4 heterocycles. The quantitative estimate of drug-likeness (QED) is 0.265. The summed E-state index contributed by atoms with van der Waals surface area (Å²) in [4.78, 5) is 67.0. The van der Waals surface area contributed by atoms with Crippen molar-refractivity contribution >= 4 is 34.8 Å². The van der Waals surface area contributed by atoms with Crippen LogP contribution in [-0.4, -0.2) is 61.8 Å². The van der Waals surface area contributed by atoms with Gasteiger partial charge in [0.05, 0.1) is 5.56 Å². The van der Waals surface area contributed by atoms with Crippen LogP contribution < -0.4 is 21.3 Å². The van der Waals surface area contributed by atoms with Gasteiger partial charge in [-0.25, -0.2) is 15.0 Å². The third-order valence-electron chi connectivity index (χ3n) is 7.95. The monoisotopic (exact) mass is 614 g/mol. The summed E-state index contributed by atoms with van der Waals surface area (Å²) in [6.07, 6.45) is 4.48. The zero-order valence-electron chi connectivity index (χ0n) is 25.8. The lowest BCUT2D eigenvalue weighted by Crippen LogP contribution is -2.56. The third-order valence-corrected chi connectivity index (χ3v) is 7.95. The number of aromatic nitrogens is 4. The summed E-state index contributed by atoms with van der Waals surface area (Å²) in [5, 5.41) is 11.5. The van der Waals surface area contributed by atoms with Crippen LogP contribution in [-0.2, 0) is 23.1 Å². The van der Waals surface area contributed by atoms with Crippen LogP contribution in [0.25, 0.3) is 11.2 Å². The topological polar surface area (TPSA) is 173 Å². The number of nitrogens with zero attached hydrogens (tertiary/aromatic N) is 4. The second-order valence-corrected chi connectivity index (χ2v) is 11.6. The summed E-state index contributed by atoms with van der Waals surface area (Å²) < 4.78 is 7.46. The van der Waals surface area contributed by atoms with Gasteiger partial charge in [-0.1, -0.05) is 44.2 Å². The Kier molecular flexibility index (Phi) is 9.55. The maximum Gasteiger partial charge on any atom is 0.273 e. The van der Waals surface area contributed by atoms with Crippen molar-refractivity contribution in [3.8, 4) is 0 Å². The highest BCUT2D eigenvalue weighted by atomic mass is 16.3. The van der Waals surface area contributed by atoms with Gasteiger partial charge in [-0.15, -0.1) is 0 Å². The zero-order valence-corrected chi connectivity index (χ0v) is 25.8. The van der Waals surface area contributed by atoms with Gasteiger partial charge in [0, 0.05) is 26.2 Å². The van der Waals surface area contributed by atoms with E-state index in [4.69, 9.17) is 4.42 Å². The van der Waals surface area contributed by atoms with Crippen molar-refractivity contribution in [1.82, 2.24) is 40.8 Å². The predicted molar refractivity (Wildman–Crippen MR) is 165 cm³/mol. The molecule has 0 fully saturated rings. The number of rotatable bonds is 5. The Labute approximate surface area is 260 Å². The second-order valence-electron chi connectivity index (χ2n) is 11.6. The van der Waals surface area contributed by atoms with Crippen LogP contribution >= 0.6 is 0 Å². The normalized spacial score (nSPS) is 20.0. The summed E-state index contributed by atoms with van der Waals surface area (Å²) in [6, 6.07) is 8.48. The van der Waals surface area contributed by atoms with Gasteiger partial charge in [0.15, 0.2) is 11.3 Å². The molecule has 1 aliphatic heterocycles. The van der Waals surface area contributed by atoms with Gasteiger partial charge in [0.1, 0.15) is 35.7 Å². The number of oxazole rings is 1. The molecule has 5 rings (SSSR count). The SMILES string of the molecule is Cc1nc2c(C(=O)N[C@H]3CCCCNC(=O)c4coc(n4)[C@@H](Cc4ccccc4)NC(=O)[C@H](C(C)C)NC3=O)ccnc2n1C. The number of hydrogen-bond acceptors (Lipinski definition) is 8. The average molecular weight is 615 g/mol. The minimum Gasteiger partial charge on any atom is -0.446 e. The second kappa shape index (κ2) is 13.7. The van der Waals surface area contributed by atoms with Crippen LogP contribution in [0.3, 0.4) is 0 Å². The van der Waals surface area contributed by atoms with Crippen molar-refractivity contribution in [2.75, 3.05) is 6.54 Å². The Morgan fingerprint density at radius 1 is 1.07 bits per heavy atom. The van der Waals surface area contributed by atoms with E-state index in [0.717, 1.165) is 5.56 Å². The lowest BCUT2D eigenvalue weighted by Gasteiger charge is -2.27. The molecule has 1 aromatic carbocycles. The fraction of sp³-hybridized carbons (Fsp3) is 0.406. The van der Waals surface area contributed by atoms with Crippen molar-refractivity contribution in [2.24, 2.45) is 13.0 Å². The first-order valence-electron chi connectivity index (χ1n) is 15.1. The Hall–Kier alpha value is -5.07. The van der Waals surface area contributed by atoms with Gasteiger partial charge in [0.2, 0.25) is 17.7 Å². The maximum atomic E-state index is 13.7. The third kappa shape index (κ3) is 7.19. The Balaban J connectivity index is 1.41. The summed E-state index contributed by atoms with van der Waals surface area (Å²) in [7, 11) is 1.82. The predicted octanol–water partition coefficient (Wildman–Crippen LogP) is 2.52. The average Bonchev–Trinajstić information content (AvgIpc) is 3.63. The molecule has 13 nitrogen and oxygen atoms in total. The number of hydrogen-bond donors (Lipinski definition) is 4. The molecule has 2 bridgehead atoms. The number of carbonyl (C=O) groups is 4. The van der Waals surface area contributed by atoms with Crippen LogP contribution in [0.5, 0.6) is 0 Å². The number of nitrogens with one attached hydrogen (secondary N) is 4. The molecule has 0 aliphatic carbocycles. The number of fused-ring (bicyclic) bond motifs is 3. The minimum atomic E-state index is -0.949. The molecule has 3 aromatic heterocycles. The van der Waals surface area contributed by atoms with Gasteiger partial charge in [-0.2, -0.15) is 0 Å². The fourth-order valence-corrected chi connectivity index (χ4v) is 5.29. The number of pyridine rings is 1. The first-order chi connectivity index (χ1) is 21.6. The summed E-state index contributed by atoms with van der Waals surface area (Å²) in [5.74, 6) is -1.23. The van der Waals surface area contributed by atoms with Crippen molar-refractivity contribution in [2.45, 2.75) is 64.6 Å². The molecule has 0 saturated carbocycles. The Morgan fingerprint density at radius 3 is 2.60 bits per heavy atom. The van der Waals surface area contributed by atoms with E-state index in [1.807, 2.05) is 58.2 Å². The lowest BCUT2D eigenvalue weighted by atomic mass is 10.00. The van der Waals surface area contributed by atoms with Crippen LogP contribution in [0.4, 0.5) is 0 Å². The summed E-state index contributed by atoms with van der Waals surface area (Å²) in [5.41, 5.74) is 2.31. The van der Waals surface area contributed by atoms with Crippen LogP contribution in [0.15, 0.2) is 53.3 Å². The number of benzene rings is 1. The molecule has 0 radical (unpaired) electrons. The Bertz CT molecular complexity index is 1700. The molecule has 0 unspecified atom stereocenters. The van der Waals surface area contributed by atoms with E-state index in [2.05, 4.69) is 36.2 Å². The molecule has 13 heteroatoms. The van der Waals surface area contributed by atoms with Gasteiger partial charge < -0.3 is 30.3 Å². The van der Waals surface area contributed by atoms with Crippen molar-refractivity contribution < 1.29 is 23.6 Å². The smallest absolute Gasteiger partial charge is 0.273 e. The van der Waals surface area contributed by atoms with Gasteiger partial charge >= 0.3 is 0 Å². The van der Waals surface area contributed by atoms with E-state index in [1.165, 1.54) is 12.5 Å². The number of imidazole rings is 1. The van der Waals surface area contributed by atoms with Gasteiger partial charge in [-0.3, -0.25) is 19.2 Å². The molecule has 1 aliphatic rings. The molecule has 4 amide bonds. The van der Waals surface area contributed by atoms with E-state index < -0.39 is 41.8 Å². The van der Waals surface area contributed by atoms with Crippen LogP contribution in [0, 0.1) is 12.8 Å². The fourth-order valence-electron chi connectivity index (χ4n) is 5.29. The number of amides is 4. The molecule has 4 aromatic rings. The molecule has 4 N–H and O–H groups in total. The van der Waals surface area contributed by atoms with E-state index in [1.54, 1.807) is 10.6 Å². The van der Waals surface area contributed by atoms with Crippen LogP contribution in [0.2, 0.25) is 0 Å². The van der Waals surface area contributed by atoms with E-state index >= 15 is 0 Å². The lowest BCUT2D eigenvalue weighted by molar-refractivity contribution is -0.131.